The van der Waals surface area contributed by atoms with E-state index in [4.69, 9.17) is 17.0 Å². The van der Waals surface area contributed by atoms with E-state index in [2.05, 4.69) is 16.9 Å². The van der Waals surface area contributed by atoms with Crippen LogP contribution in [-0.2, 0) is 6.54 Å². The highest BCUT2D eigenvalue weighted by atomic mass is 32.1. The standard InChI is InChI=1S/C21H21N3O3S/c1-3-11-24-20(26)15-10-9-14(13-17(15)23-21(24)28)19(25)22-16-7-5-6-8-18(16)27-12-4-2/h3,5-10,13H,1,4,11-12H2,2H3,(H,22,25)(H,23,28). The van der Waals surface area contributed by atoms with Crippen molar-refractivity contribution < 1.29 is 9.53 Å². The lowest BCUT2D eigenvalue weighted by molar-refractivity contribution is 0.102. The van der Waals surface area contributed by atoms with Gasteiger partial charge in [0.1, 0.15) is 5.75 Å². The molecule has 144 valence electrons. The topological polar surface area (TPSA) is 76.1 Å². The zero-order valence-corrected chi connectivity index (χ0v) is 16.3. The zero-order valence-electron chi connectivity index (χ0n) is 15.5. The molecule has 0 aliphatic carbocycles. The molecule has 3 rings (SSSR count). The molecule has 0 saturated heterocycles. The molecule has 7 heteroatoms. The van der Waals surface area contributed by atoms with Crippen molar-refractivity contribution in [2.75, 3.05) is 11.9 Å². The Bertz CT molecular complexity index is 1150. The van der Waals surface area contributed by atoms with Gasteiger partial charge in [-0.3, -0.25) is 14.2 Å². The van der Waals surface area contributed by atoms with Crippen LogP contribution in [0.2, 0.25) is 0 Å². The number of anilines is 1. The van der Waals surface area contributed by atoms with Gasteiger partial charge in [0.2, 0.25) is 0 Å². The highest BCUT2D eigenvalue weighted by molar-refractivity contribution is 7.71. The third kappa shape index (κ3) is 4.04. The minimum Gasteiger partial charge on any atom is -0.491 e. The molecular weight excluding hydrogens is 374 g/mol. The van der Waals surface area contributed by atoms with Crippen molar-refractivity contribution in [1.29, 1.82) is 0 Å². The van der Waals surface area contributed by atoms with E-state index in [1.165, 1.54) is 4.57 Å². The molecule has 0 aliphatic heterocycles. The highest BCUT2D eigenvalue weighted by Gasteiger charge is 2.12. The Kier molecular flexibility index (Phi) is 6.06. The summed E-state index contributed by atoms with van der Waals surface area (Å²) in [5, 5.41) is 3.32. The number of benzene rings is 2. The van der Waals surface area contributed by atoms with Gasteiger partial charge in [0.15, 0.2) is 4.77 Å². The molecule has 3 aromatic rings. The number of hydrogen-bond acceptors (Lipinski definition) is 4. The van der Waals surface area contributed by atoms with Crippen molar-refractivity contribution in [2.45, 2.75) is 19.9 Å². The number of allylic oxidation sites excluding steroid dienone is 1. The largest absolute Gasteiger partial charge is 0.491 e. The number of para-hydroxylation sites is 2. The van der Waals surface area contributed by atoms with Gasteiger partial charge in [-0.05, 0) is 49.0 Å². The summed E-state index contributed by atoms with van der Waals surface area (Å²) >= 11 is 5.25. The lowest BCUT2D eigenvalue weighted by Gasteiger charge is -2.12. The minimum atomic E-state index is -0.302. The maximum atomic E-state index is 12.7. The summed E-state index contributed by atoms with van der Waals surface area (Å²) in [5.41, 5.74) is 1.29. The Balaban J connectivity index is 1.93. The fourth-order valence-electron chi connectivity index (χ4n) is 2.79. The third-order valence-corrected chi connectivity index (χ3v) is 4.48. The lowest BCUT2D eigenvalue weighted by atomic mass is 10.1. The van der Waals surface area contributed by atoms with Gasteiger partial charge in [-0.25, -0.2) is 0 Å². The van der Waals surface area contributed by atoms with Crippen molar-refractivity contribution in [3.63, 3.8) is 0 Å². The Morgan fingerprint density at radius 2 is 2.11 bits per heavy atom. The summed E-state index contributed by atoms with van der Waals surface area (Å²) in [6.07, 6.45) is 2.48. The van der Waals surface area contributed by atoms with Gasteiger partial charge in [0, 0.05) is 12.1 Å². The average Bonchev–Trinajstić information content (AvgIpc) is 2.70. The molecule has 0 aliphatic rings. The van der Waals surface area contributed by atoms with Gasteiger partial charge in [-0.15, -0.1) is 6.58 Å². The van der Waals surface area contributed by atoms with Crippen LogP contribution in [0.25, 0.3) is 10.9 Å². The second kappa shape index (κ2) is 8.67. The first-order valence-electron chi connectivity index (χ1n) is 8.96. The number of nitrogens with one attached hydrogen (secondary N) is 2. The van der Waals surface area contributed by atoms with Crippen LogP contribution in [0.5, 0.6) is 5.75 Å². The Labute approximate surface area is 167 Å². The van der Waals surface area contributed by atoms with Crippen molar-refractivity contribution >= 4 is 34.7 Å². The summed E-state index contributed by atoms with van der Waals surface area (Å²) < 4.78 is 7.38. The Morgan fingerprint density at radius 1 is 1.32 bits per heavy atom. The molecule has 0 spiro atoms. The number of fused-ring (bicyclic) bond motifs is 1. The molecule has 6 nitrogen and oxygen atoms in total. The van der Waals surface area contributed by atoms with Crippen LogP contribution in [0.15, 0.2) is 59.9 Å². The SMILES string of the molecule is C=CCn1c(=S)[nH]c2cc(C(=O)Nc3ccccc3OCCC)ccc2c1=O. The predicted molar refractivity (Wildman–Crippen MR) is 114 cm³/mol. The smallest absolute Gasteiger partial charge is 0.262 e. The fraction of sp³-hybridized carbons (Fsp3) is 0.190. The van der Waals surface area contributed by atoms with E-state index in [0.717, 1.165) is 6.42 Å². The van der Waals surface area contributed by atoms with Crippen LogP contribution < -0.4 is 15.6 Å². The normalized spacial score (nSPS) is 10.6. The maximum absolute atomic E-state index is 12.7. The first kappa shape index (κ1) is 19.6. The second-order valence-corrected chi connectivity index (χ2v) is 6.58. The Morgan fingerprint density at radius 3 is 2.86 bits per heavy atom. The molecule has 2 aromatic carbocycles. The molecule has 0 fully saturated rings. The average molecular weight is 395 g/mol. The van der Waals surface area contributed by atoms with Gasteiger partial charge < -0.3 is 15.0 Å². The lowest BCUT2D eigenvalue weighted by Crippen LogP contribution is -2.22. The number of ether oxygens (including phenoxy) is 1. The number of aromatic nitrogens is 2. The molecule has 0 unspecified atom stereocenters. The van der Waals surface area contributed by atoms with E-state index in [-0.39, 0.29) is 16.2 Å². The predicted octanol–water partition coefficient (Wildman–Crippen LogP) is 4.29. The molecule has 1 heterocycles. The maximum Gasteiger partial charge on any atom is 0.262 e. The molecule has 0 atom stereocenters. The number of carbonyl (C=O) groups is 1. The summed E-state index contributed by atoms with van der Waals surface area (Å²) in [4.78, 5) is 28.3. The summed E-state index contributed by atoms with van der Waals surface area (Å²) in [6, 6.07) is 12.1. The third-order valence-electron chi connectivity index (χ3n) is 4.15. The number of nitrogens with zero attached hydrogens (tertiary/aromatic N) is 1. The zero-order chi connectivity index (χ0) is 20.1. The fourth-order valence-corrected chi connectivity index (χ4v) is 3.06. The van der Waals surface area contributed by atoms with Crippen LogP contribution in [0.4, 0.5) is 5.69 Å². The molecule has 1 aromatic heterocycles. The van der Waals surface area contributed by atoms with Gasteiger partial charge in [-0.1, -0.05) is 25.1 Å². The van der Waals surface area contributed by atoms with Gasteiger partial charge >= 0.3 is 0 Å². The molecule has 0 bridgehead atoms. The first-order chi connectivity index (χ1) is 13.5. The van der Waals surface area contributed by atoms with Crippen molar-refractivity contribution in [2.24, 2.45) is 0 Å². The molecular formula is C21H21N3O3S. The van der Waals surface area contributed by atoms with Crippen LogP contribution in [-0.4, -0.2) is 22.1 Å². The Hall–Kier alpha value is -3.19. The summed E-state index contributed by atoms with van der Waals surface area (Å²) in [6.45, 7) is 6.54. The minimum absolute atomic E-state index is 0.219. The molecule has 28 heavy (non-hydrogen) atoms. The number of aromatic amines is 1. The van der Waals surface area contributed by atoms with Gasteiger partial charge in [-0.2, -0.15) is 0 Å². The van der Waals surface area contributed by atoms with Gasteiger partial charge in [0.25, 0.3) is 11.5 Å². The van der Waals surface area contributed by atoms with Crippen LogP contribution >= 0.6 is 12.2 Å². The van der Waals surface area contributed by atoms with Crippen LogP contribution in [0.3, 0.4) is 0 Å². The van der Waals surface area contributed by atoms with E-state index in [1.54, 1.807) is 30.3 Å². The van der Waals surface area contributed by atoms with E-state index >= 15 is 0 Å². The van der Waals surface area contributed by atoms with E-state index in [1.807, 2.05) is 25.1 Å². The van der Waals surface area contributed by atoms with E-state index in [0.29, 0.717) is 41.1 Å². The molecule has 0 radical (unpaired) electrons. The van der Waals surface area contributed by atoms with E-state index in [9.17, 15) is 9.59 Å². The number of H-pyrrole nitrogens is 1. The summed E-state index contributed by atoms with van der Waals surface area (Å²) in [7, 11) is 0. The number of rotatable bonds is 7. The monoisotopic (exact) mass is 395 g/mol. The quantitative estimate of drug-likeness (QED) is 0.462. The highest BCUT2D eigenvalue weighted by Crippen LogP contribution is 2.24. The van der Waals surface area contributed by atoms with Crippen LogP contribution in [0, 0.1) is 4.77 Å². The van der Waals surface area contributed by atoms with Crippen molar-refractivity contribution in [3.05, 3.63) is 75.8 Å². The van der Waals surface area contributed by atoms with Crippen LogP contribution in [0.1, 0.15) is 23.7 Å². The number of carbonyl (C=O) groups excluding carboxylic acids is 1. The van der Waals surface area contributed by atoms with Crippen molar-refractivity contribution in [3.8, 4) is 5.75 Å². The molecule has 1 amide bonds. The second-order valence-electron chi connectivity index (χ2n) is 6.19. The summed E-state index contributed by atoms with van der Waals surface area (Å²) in [5.74, 6) is 0.314. The first-order valence-corrected chi connectivity index (χ1v) is 9.37. The van der Waals surface area contributed by atoms with Gasteiger partial charge in [0.05, 0.1) is 23.2 Å². The van der Waals surface area contributed by atoms with Crippen molar-refractivity contribution in [1.82, 2.24) is 9.55 Å². The number of hydrogen-bond donors (Lipinski definition) is 2. The number of amides is 1. The molecule has 2 N–H and O–H groups in total. The molecule has 0 saturated carbocycles. The van der Waals surface area contributed by atoms with E-state index < -0.39 is 0 Å².